The van der Waals surface area contributed by atoms with Crippen molar-refractivity contribution in [2.75, 3.05) is 17.7 Å². The molecule has 0 amide bonds. The highest BCUT2D eigenvalue weighted by molar-refractivity contribution is 14.1. The third kappa shape index (κ3) is 3.63. The number of nitrogen functional groups attached to an aromatic ring is 1. The van der Waals surface area contributed by atoms with Crippen LogP contribution in [-0.2, 0) is 4.74 Å². The summed E-state index contributed by atoms with van der Waals surface area (Å²) in [5, 5.41) is 3.23. The first kappa shape index (κ1) is 14.6. The highest BCUT2D eigenvalue weighted by Gasteiger charge is 2.09. The summed E-state index contributed by atoms with van der Waals surface area (Å²) in [6, 6.07) is 13.0. The van der Waals surface area contributed by atoms with Crippen LogP contribution in [0.5, 0.6) is 0 Å². The van der Waals surface area contributed by atoms with Gasteiger partial charge >= 0.3 is 5.97 Å². The lowest BCUT2D eigenvalue weighted by Crippen LogP contribution is -2.06. The molecule has 20 heavy (non-hydrogen) atoms. The molecule has 2 rings (SSSR count). The molecule has 0 aliphatic heterocycles. The monoisotopic (exact) mass is 382 g/mol. The molecular formula is C15H15IN2O2. The first-order valence-electron chi connectivity index (χ1n) is 6.19. The van der Waals surface area contributed by atoms with Crippen LogP contribution >= 0.6 is 22.6 Å². The van der Waals surface area contributed by atoms with Crippen LogP contribution in [0.1, 0.15) is 17.3 Å². The Kier molecular flexibility index (Phi) is 4.84. The zero-order valence-corrected chi connectivity index (χ0v) is 13.2. The number of rotatable bonds is 4. The van der Waals surface area contributed by atoms with Gasteiger partial charge in [-0.2, -0.15) is 0 Å². The number of esters is 1. The van der Waals surface area contributed by atoms with Crippen LogP contribution in [-0.4, -0.2) is 12.6 Å². The molecule has 0 aromatic heterocycles. The zero-order chi connectivity index (χ0) is 14.5. The zero-order valence-electron chi connectivity index (χ0n) is 11.0. The molecular weight excluding hydrogens is 367 g/mol. The Morgan fingerprint density at radius 3 is 2.75 bits per heavy atom. The third-order valence-corrected chi connectivity index (χ3v) is 3.34. The number of halogens is 1. The molecule has 0 saturated heterocycles. The van der Waals surface area contributed by atoms with Crippen molar-refractivity contribution in [3.63, 3.8) is 0 Å². The summed E-state index contributed by atoms with van der Waals surface area (Å²) in [6.45, 7) is 2.12. The van der Waals surface area contributed by atoms with E-state index < -0.39 is 0 Å². The van der Waals surface area contributed by atoms with Crippen LogP contribution in [0.15, 0.2) is 42.5 Å². The molecule has 3 N–H and O–H groups in total. The topological polar surface area (TPSA) is 64.3 Å². The van der Waals surface area contributed by atoms with E-state index in [-0.39, 0.29) is 5.97 Å². The molecule has 2 aromatic carbocycles. The summed E-state index contributed by atoms with van der Waals surface area (Å²) in [7, 11) is 0. The van der Waals surface area contributed by atoms with Crippen molar-refractivity contribution in [3.8, 4) is 0 Å². The minimum atomic E-state index is -0.361. The van der Waals surface area contributed by atoms with Crippen molar-refractivity contribution >= 4 is 45.6 Å². The van der Waals surface area contributed by atoms with Crippen LogP contribution in [0.3, 0.4) is 0 Å². The Balaban J connectivity index is 2.20. The largest absolute Gasteiger partial charge is 0.462 e. The molecule has 4 nitrogen and oxygen atoms in total. The summed E-state index contributed by atoms with van der Waals surface area (Å²) in [4.78, 5) is 11.6. The predicted octanol–water partition coefficient (Wildman–Crippen LogP) is 3.79. The van der Waals surface area contributed by atoms with Gasteiger partial charge in [-0.25, -0.2) is 4.79 Å². The number of benzene rings is 2. The SMILES string of the molecule is CCOC(=O)c1ccc(Nc2cccc(I)c2)c(N)c1. The van der Waals surface area contributed by atoms with E-state index in [1.165, 1.54) is 0 Å². The highest BCUT2D eigenvalue weighted by Crippen LogP contribution is 2.25. The van der Waals surface area contributed by atoms with E-state index in [0.29, 0.717) is 17.9 Å². The van der Waals surface area contributed by atoms with E-state index in [4.69, 9.17) is 10.5 Å². The Morgan fingerprint density at radius 2 is 2.10 bits per heavy atom. The molecule has 0 aliphatic rings. The van der Waals surface area contributed by atoms with Gasteiger partial charge in [0.1, 0.15) is 0 Å². The molecule has 0 unspecified atom stereocenters. The van der Waals surface area contributed by atoms with Crippen LogP contribution in [0.25, 0.3) is 0 Å². The summed E-state index contributed by atoms with van der Waals surface area (Å²) in [6.07, 6.45) is 0. The minimum Gasteiger partial charge on any atom is -0.462 e. The fraction of sp³-hybridized carbons (Fsp3) is 0.133. The predicted molar refractivity (Wildman–Crippen MR) is 89.3 cm³/mol. The number of carbonyl (C=O) groups excluding carboxylic acids is 1. The van der Waals surface area contributed by atoms with Gasteiger partial charge in [0.2, 0.25) is 0 Å². The second kappa shape index (κ2) is 6.60. The maximum absolute atomic E-state index is 11.6. The Labute approximate surface area is 131 Å². The number of hydrogen-bond donors (Lipinski definition) is 2. The molecule has 0 saturated carbocycles. The van der Waals surface area contributed by atoms with Crippen molar-refractivity contribution in [2.24, 2.45) is 0 Å². The van der Waals surface area contributed by atoms with E-state index in [1.807, 2.05) is 24.3 Å². The molecule has 5 heteroatoms. The molecule has 0 fully saturated rings. The number of nitrogens with two attached hydrogens (primary N) is 1. The first-order valence-corrected chi connectivity index (χ1v) is 7.27. The molecule has 0 spiro atoms. The number of hydrogen-bond acceptors (Lipinski definition) is 4. The fourth-order valence-electron chi connectivity index (χ4n) is 1.74. The van der Waals surface area contributed by atoms with Gasteiger partial charge in [-0.05, 0) is 65.9 Å². The number of ether oxygens (including phenoxy) is 1. The van der Waals surface area contributed by atoms with Crippen molar-refractivity contribution in [2.45, 2.75) is 6.92 Å². The van der Waals surface area contributed by atoms with E-state index in [1.54, 1.807) is 25.1 Å². The van der Waals surface area contributed by atoms with Gasteiger partial charge in [-0.15, -0.1) is 0 Å². The van der Waals surface area contributed by atoms with Crippen LogP contribution < -0.4 is 11.1 Å². The lowest BCUT2D eigenvalue weighted by atomic mass is 10.1. The van der Waals surface area contributed by atoms with Gasteiger partial charge in [-0.3, -0.25) is 0 Å². The maximum atomic E-state index is 11.6. The second-order valence-corrected chi connectivity index (χ2v) is 5.40. The van der Waals surface area contributed by atoms with E-state index in [9.17, 15) is 4.79 Å². The van der Waals surface area contributed by atoms with Gasteiger partial charge in [0.05, 0.1) is 23.5 Å². The lowest BCUT2D eigenvalue weighted by molar-refractivity contribution is 0.0526. The van der Waals surface area contributed by atoms with Gasteiger partial charge < -0.3 is 15.8 Å². The van der Waals surface area contributed by atoms with Gasteiger partial charge in [0.25, 0.3) is 0 Å². The summed E-state index contributed by atoms with van der Waals surface area (Å²) in [5.74, 6) is -0.361. The lowest BCUT2D eigenvalue weighted by Gasteiger charge is -2.11. The van der Waals surface area contributed by atoms with Crippen molar-refractivity contribution < 1.29 is 9.53 Å². The van der Waals surface area contributed by atoms with Crippen LogP contribution in [0.2, 0.25) is 0 Å². The Bertz CT molecular complexity index is 629. The molecule has 0 heterocycles. The second-order valence-electron chi connectivity index (χ2n) is 4.16. The Morgan fingerprint density at radius 1 is 1.30 bits per heavy atom. The standard InChI is InChI=1S/C15H15IN2O2/c1-2-20-15(19)10-6-7-14(13(17)8-10)18-12-5-3-4-11(16)9-12/h3-9,18H,2,17H2,1H3. The number of nitrogens with one attached hydrogen (secondary N) is 1. The quantitative estimate of drug-likeness (QED) is 0.480. The average Bonchev–Trinajstić information content (AvgIpc) is 2.41. The first-order chi connectivity index (χ1) is 9.60. The summed E-state index contributed by atoms with van der Waals surface area (Å²) in [5.41, 5.74) is 8.65. The highest BCUT2D eigenvalue weighted by atomic mass is 127. The molecule has 0 aliphatic carbocycles. The van der Waals surface area contributed by atoms with Crippen LogP contribution in [0.4, 0.5) is 17.1 Å². The molecule has 104 valence electrons. The fourth-order valence-corrected chi connectivity index (χ4v) is 2.28. The Hall–Kier alpha value is -1.76. The minimum absolute atomic E-state index is 0.348. The van der Waals surface area contributed by atoms with Crippen LogP contribution in [0, 0.1) is 3.57 Å². The molecule has 0 atom stereocenters. The van der Waals surface area contributed by atoms with Crippen molar-refractivity contribution in [1.29, 1.82) is 0 Å². The molecule has 2 aromatic rings. The normalized spacial score (nSPS) is 10.1. The summed E-state index contributed by atoms with van der Waals surface area (Å²) < 4.78 is 6.07. The molecule has 0 bridgehead atoms. The number of carbonyl (C=O) groups is 1. The third-order valence-electron chi connectivity index (χ3n) is 2.67. The van der Waals surface area contributed by atoms with E-state index >= 15 is 0 Å². The molecule has 0 radical (unpaired) electrons. The van der Waals surface area contributed by atoms with Crippen molar-refractivity contribution in [1.82, 2.24) is 0 Å². The van der Waals surface area contributed by atoms with Gasteiger partial charge in [0, 0.05) is 9.26 Å². The number of anilines is 3. The van der Waals surface area contributed by atoms with Crippen molar-refractivity contribution in [3.05, 3.63) is 51.6 Å². The smallest absolute Gasteiger partial charge is 0.338 e. The van der Waals surface area contributed by atoms with E-state index in [2.05, 4.69) is 27.9 Å². The van der Waals surface area contributed by atoms with Gasteiger partial charge in [-0.1, -0.05) is 6.07 Å². The van der Waals surface area contributed by atoms with E-state index in [0.717, 1.165) is 14.9 Å². The summed E-state index contributed by atoms with van der Waals surface area (Å²) >= 11 is 2.25. The maximum Gasteiger partial charge on any atom is 0.338 e. The average molecular weight is 382 g/mol. The van der Waals surface area contributed by atoms with Gasteiger partial charge in [0.15, 0.2) is 0 Å².